The molecule has 3 heteroatoms. The summed E-state index contributed by atoms with van der Waals surface area (Å²) in [6.07, 6.45) is 10.2. The summed E-state index contributed by atoms with van der Waals surface area (Å²) in [6, 6.07) is 10.5. The fourth-order valence-corrected chi connectivity index (χ4v) is 3.99. The molecule has 0 bridgehead atoms. The van der Waals surface area contributed by atoms with E-state index in [1.165, 1.54) is 36.1 Å². The van der Waals surface area contributed by atoms with Gasteiger partial charge in [0, 0.05) is 24.3 Å². The van der Waals surface area contributed by atoms with Crippen molar-refractivity contribution in [3.05, 3.63) is 53.6 Å². The Morgan fingerprint density at radius 2 is 1.90 bits per heavy atom. The second-order valence-corrected chi connectivity index (χ2v) is 6.61. The molecule has 21 heavy (non-hydrogen) atoms. The summed E-state index contributed by atoms with van der Waals surface area (Å²) in [5, 5.41) is 3.74. The number of fused-ring (bicyclic) bond motifs is 1. The van der Waals surface area contributed by atoms with E-state index in [1.807, 2.05) is 6.33 Å². The maximum absolute atomic E-state index is 4.45. The fraction of sp³-hybridized carbons (Fsp3) is 0.500. The number of nitrogens with one attached hydrogen (secondary N) is 1. The molecule has 2 heterocycles. The molecule has 3 nitrogen and oxygen atoms in total. The number of benzene rings is 1. The number of hydrogen-bond acceptors (Lipinski definition) is 2. The molecule has 4 rings (SSSR count). The Morgan fingerprint density at radius 3 is 2.62 bits per heavy atom. The quantitative estimate of drug-likeness (QED) is 0.914. The van der Waals surface area contributed by atoms with Gasteiger partial charge < -0.3 is 9.88 Å². The van der Waals surface area contributed by atoms with E-state index in [9.17, 15) is 0 Å². The third kappa shape index (κ3) is 2.40. The summed E-state index contributed by atoms with van der Waals surface area (Å²) in [5.74, 6) is 0. The van der Waals surface area contributed by atoms with Crippen molar-refractivity contribution in [3.63, 3.8) is 0 Å². The first-order valence-electron chi connectivity index (χ1n) is 8.16. The lowest BCUT2D eigenvalue weighted by atomic mass is 9.97. The zero-order valence-corrected chi connectivity index (χ0v) is 12.6. The van der Waals surface area contributed by atoms with E-state index in [4.69, 9.17) is 0 Å². The van der Waals surface area contributed by atoms with Crippen LogP contribution in [0.4, 0.5) is 0 Å². The van der Waals surface area contributed by atoms with Crippen molar-refractivity contribution in [1.82, 2.24) is 14.9 Å². The van der Waals surface area contributed by atoms with E-state index in [0.717, 1.165) is 12.8 Å². The van der Waals surface area contributed by atoms with Crippen LogP contribution >= 0.6 is 0 Å². The molecule has 0 radical (unpaired) electrons. The number of hydrogen-bond donors (Lipinski definition) is 1. The SMILES string of the molecule is CC1CCCC(c2cncn2C2Cc3ccccc3C2)N1. The molecule has 1 N–H and O–H groups in total. The molecule has 1 fully saturated rings. The van der Waals surface area contributed by atoms with Gasteiger partial charge in [-0.05, 0) is 50.2 Å². The Morgan fingerprint density at radius 1 is 1.14 bits per heavy atom. The van der Waals surface area contributed by atoms with Crippen LogP contribution in [0.25, 0.3) is 0 Å². The smallest absolute Gasteiger partial charge is 0.0951 e. The molecule has 2 atom stereocenters. The van der Waals surface area contributed by atoms with Crippen molar-refractivity contribution in [2.24, 2.45) is 0 Å². The largest absolute Gasteiger partial charge is 0.329 e. The number of imidazole rings is 1. The van der Waals surface area contributed by atoms with Crippen molar-refractivity contribution in [2.75, 3.05) is 0 Å². The zero-order valence-electron chi connectivity index (χ0n) is 12.6. The van der Waals surface area contributed by atoms with Gasteiger partial charge in [-0.15, -0.1) is 0 Å². The van der Waals surface area contributed by atoms with Gasteiger partial charge in [0.1, 0.15) is 0 Å². The maximum Gasteiger partial charge on any atom is 0.0951 e. The molecular weight excluding hydrogens is 258 g/mol. The number of nitrogens with zero attached hydrogens (tertiary/aromatic N) is 2. The highest BCUT2D eigenvalue weighted by molar-refractivity contribution is 5.33. The van der Waals surface area contributed by atoms with Gasteiger partial charge in [-0.2, -0.15) is 0 Å². The molecule has 2 aromatic rings. The molecule has 2 aliphatic rings. The Bertz CT molecular complexity index is 606. The van der Waals surface area contributed by atoms with E-state index in [0.29, 0.717) is 18.1 Å². The molecule has 110 valence electrons. The first-order valence-corrected chi connectivity index (χ1v) is 8.16. The van der Waals surface area contributed by atoms with Crippen LogP contribution in [0.2, 0.25) is 0 Å². The highest BCUT2D eigenvalue weighted by Crippen LogP contribution is 2.33. The minimum absolute atomic E-state index is 0.472. The summed E-state index contributed by atoms with van der Waals surface area (Å²) in [6.45, 7) is 2.29. The highest BCUT2D eigenvalue weighted by atomic mass is 15.1. The van der Waals surface area contributed by atoms with Gasteiger partial charge in [0.2, 0.25) is 0 Å². The normalized spacial score (nSPS) is 26.0. The summed E-state index contributed by atoms with van der Waals surface area (Å²) in [4.78, 5) is 4.45. The van der Waals surface area contributed by atoms with Gasteiger partial charge in [0.05, 0.1) is 12.0 Å². The summed E-state index contributed by atoms with van der Waals surface area (Å²) < 4.78 is 2.43. The maximum atomic E-state index is 4.45. The molecular formula is C18H23N3. The average Bonchev–Trinajstić information content (AvgIpc) is 3.13. The van der Waals surface area contributed by atoms with Gasteiger partial charge in [-0.1, -0.05) is 24.3 Å². The number of rotatable bonds is 2. The van der Waals surface area contributed by atoms with Gasteiger partial charge in [0.25, 0.3) is 0 Å². The lowest BCUT2D eigenvalue weighted by molar-refractivity contribution is 0.323. The Balaban J connectivity index is 1.59. The number of aromatic nitrogens is 2. The van der Waals surface area contributed by atoms with Crippen LogP contribution in [0.15, 0.2) is 36.8 Å². The molecule has 0 spiro atoms. The highest BCUT2D eigenvalue weighted by Gasteiger charge is 2.28. The van der Waals surface area contributed by atoms with Crippen LogP contribution in [-0.2, 0) is 12.8 Å². The molecule has 1 aromatic carbocycles. The monoisotopic (exact) mass is 281 g/mol. The minimum Gasteiger partial charge on any atom is -0.329 e. The molecule has 1 aromatic heterocycles. The van der Waals surface area contributed by atoms with Gasteiger partial charge in [-0.3, -0.25) is 0 Å². The van der Waals surface area contributed by atoms with Crippen molar-refractivity contribution in [3.8, 4) is 0 Å². The molecule has 2 unspecified atom stereocenters. The third-order valence-electron chi connectivity index (χ3n) is 5.09. The van der Waals surface area contributed by atoms with E-state index in [2.05, 4.69) is 52.3 Å². The van der Waals surface area contributed by atoms with E-state index >= 15 is 0 Å². The molecule has 1 saturated heterocycles. The van der Waals surface area contributed by atoms with Crippen LogP contribution in [0, 0.1) is 0 Å². The first kappa shape index (κ1) is 13.1. The summed E-state index contributed by atoms with van der Waals surface area (Å²) in [7, 11) is 0. The van der Waals surface area contributed by atoms with Crippen LogP contribution in [-0.4, -0.2) is 15.6 Å². The second-order valence-electron chi connectivity index (χ2n) is 6.61. The fourth-order valence-electron chi connectivity index (χ4n) is 3.99. The van der Waals surface area contributed by atoms with Gasteiger partial charge in [0.15, 0.2) is 0 Å². The van der Waals surface area contributed by atoms with Crippen molar-refractivity contribution < 1.29 is 0 Å². The Labute approximate surface area is 126 Å². The lowest BCUT2D eigenvalue weighted by Crippen LogP contribution is -2.36. The van der Waals surface area contributed by atoms with E-state index < -0.39 is 0 Å². The standard InChI is InChI=1S/C18H23N3/c1-13-5-4-8-17(20-13)18-11-19-12-21(18)16-9-14-6-2-3-7-15(14)10-16/h2-3,6-7,11-13,16-17,20H,4-5,8-10H2,1H3. The topological polar surface area (TPSA) is 29.9 Å². The Kier molecular flexibility index (Phi) is 3.30. The first-order chi connectivity index (χ1) is 10.3. The molecule has 1 aliphatic carbocycles. The van der Waals surface area contributed by atoms with Gasteiger partial charge in [-0.25, -0.2) is 4.98 Å². The predicted octanol–water partition coefficient (Wildman–Crippen LogP) is 3.43. The van der Waals surface area contributed by atoms with Crippen LogP contribution < -0.4 is 5.32 Å². The third-order valence-corrected chi connectivity index (χ3v) is 5.09. The number of piperidine rings is 1. The van der Waals surface area contributed by atoms with Crippen LogP contribution in [0.3, 0.4) is 0 Å². The molecule has 0 saturated carbocycles. The van der Waals surface area contributed by atoms with E-state index in [1.54, 1.807) is 0 Å². The average molecular weight is 281 g/mol. The Hall–Kier alpha value is -1.61. The molecule has 1 aliphatic heterocycles. The second kappa shape index (κ2) is 5.30. The van der Waals surface area contributed by atoms with Crippen LogP contribution in [0.5, 0.6) is 0 Å². The van der Waals surface area contributed by atoms with Crippen molar-refractivity contribution in [2.45, 2.75) is 57.2 Å². The summed E-state index contributed by atoms with van der Waals surface area (Å²) in [5.41, 5.74) is 4.39. The lowest BCUT2D eigenvalue weighted by Gasteiger charge is -2.30. The summed E-state index contributed by atoms with van der Waals surface area (Å²) >= 11 is 0. The van der Waals surface area contributed by atoms with E-state index in [-0.39, 0.29) is 0 Å². The molecule has 0 amide bonds. The zero-order chi connectivity index (χ0) is 14.2. The van der Waals surface area contributed by atoms with Crippen LogP contribution in [0.1, 0.15) is 55.1 Å². The van der Waals surface area contributed by atoms with Crippen molar-refractivity contribution >= 4 is 0 Å². The van der Waals surface area contributed by atoms with Crippen molar-refractivity contribution in [1.29, 1.82) is 0 Å². The van der Waals surface area contributed by atoms with Gasteiger partial charge >= 0.3 is 0 Å². The minimum atomic E-state index is 0.472. The predicted molar refractivity (Wildman–Crippen MR) is 84.3 cm³/mol.